The zero-order chi connectivity index (χ0) is 21.9. The first-order chi connectivity index (χ1) is 15.6. The molecule has 0 unspecified atom stereocenters. The van der Waals surface area contributed by atoms with Crippen molar-refractivity contribution in [2.75, 3.05) is 20.7 Å². The molecule has 1 fully saturated rings. The molecule has 1 saturated heterocycles. The Morgan fingerprint density at radius 1 is 1.22 bits per heavy atom. The summed E-state index contributed by atoms with van der Waals surface area (Å²) in [6, 6.07) is 15.1. The lowest BCUT2D eigenvalue weighted by Crippen LogP contribution is -2.65. The number of likely N-dealkylation sites (N-methyl/N-ethyl adjacent to an activating group) is 1. The van der Waals surface area contributed by atoms with Crippen molar-refractivity contribution in [3.8, 4) is 11.5 Å². The molecule has 4 nitrogen and oxygen atoms in total. The van der Waals surface area contributed by atoms with Gasteiger partial charge in [0.05, 0.1) is 7.11 Å². The van der Waals surface area contributed by atoms with Crippen molar-refractivity contribution in [2.45, 2.75) is 42.3 Å². The van der Waals surface area contributed by atoms with E-state index in [1.165, 1.54) is 16.7 Å². The van der Waals surface area contributed by atoms with Crippen LogP contribution in [0, 0.1) is 5.92 Å². The number of hydrogen-bond acceptors (Lipinski definition) is 6. The summed E-state index contributed by atoms with van der Waals surface area (Å²) in [5.74, 6) is 2.96. The third-order valence-electron chi connectivity index (χ3n) is 7.77. The van der Waals surface area contributed by atoms with E-state index in [0.717, 1.165) is 36.6 Å². The van der Waals surface area contributed by atoms with Crippen molar-refractivity contribution in [1.82, 2.24) is 4.90 Å². The molecule has 2 aromatic carbocycles. The van der Waals surface area contributed by atoms with E-state index in [1.807, 2.05) is 6.07 Å². The predicted octanol–water partition coefficient (Wildman–Crippen LogP) is 4.74. The number of rotatable bonds is 4. The number of piperidine rings is 1. The van der Waals surface area contributed by atoms with Gasteiger partial charge in [-0.15, -0.1) is 0 Å². The second-order valence-corrected chi connectivity index (χ2v) is 10.8. The molecule has 1 spiro atoms. The number of likely N-dealkylation sites (tertiary alicyclic amines) is 1. The van der Waals surface area contributed by atoms with E-state index in [4.69, 9.17) is 26.4 Å². The van der Waals surface area contributed by atoms with Crippen LogP contribution in [0.15, 0.2) is 54.6 Å². The molecule has 2 aromatic rings. The lowest BCUT2D eigenvalue weighted by molar-refractivity contribution is -0.0396. The summed E-state index contributed by atoms with van der Waals surface area (Å²) >= 11 is 7.22. The molecule has 0 saturated carbocycles. The molecule has 2 heterocycles. The summed E-state index contributed by atoms with van der Waals surface area (Å²) in [6.45, 7) is 1.06. The minimum atomic E-state index is -0.200. The van der Waals surface area contributed by atoms with Crippen LogP contribution in [0.5, 0.6) is 11.5 Å². The Labute approximate surface area is 198 Å². The molecule has 6 heteroatoms. The third kappa shape index (κ3) is 2.96. The molecule has 2 aliphatic heterocycles. The van der Waals surface area contributed by atoms with Crippen molar-refractivity contribution in [3.05, 3.63) is 71.3 Å². The quantitative estimate of drug-likeness (QED) is 0.479. The summed E-state index contributed by atoms with van der Waals surface area (Å²) in [5.41, 5.74) is 3.92. The van der Waals surface area contributed by atoms with E-state index < -0.39 is 0 Å². The van der Waals surface area contributed by atoms with Gasteiger partial charge in [-0.05, 0) is 61.9 Å². The molecular formula is C26H27NO3S2. The van der Waals surface area contributed by atoms with Crippen LogP contribution in [-0.4, -0.2) is 48.2 Å². The lowest BCUT2D eigenvalue weighted by Gasteiger charge is -2.56. The fraction of sp³-hybridized carbons (Fsp3) is 0.423. The molecule has 6 rings (SSSR count). The van der Waals surface area contributed by atoms with E-state index in [2.05, 4.69) is 60.5 Å². The van der Waals surface area contributed by atoms with E-state index in [1.54, 1.807) is 18.9 Å². The number of hydrogen-bond donors (Lipinski definition) is 0. The first-order valence-corrected chi connectivity index (χ1v) is 12.6. The van der Waals surface area contributed by atoms with Crippen LogP contribution in [-0.2, 0) is 22.3 Å². The van der Waals surface area contributed by atoms with E-state index >= 15 is 0 Å². The lowest BCUT2D eigenvalue weighted by atomic mass is 9.53. The second kappa shape index (κ2) is 7.79. The number of thiocarbonyl (C=S) groups is 1. The van der Waals surface area contributed by atoms with Crippen LogP contribution in [0.2, 0.25) is 0 Å². The Hall–Kier alpha value is -2.02. The fourth-order valence-electron chi connectivity index (χ4n) is 6.33. The molecule has 0 radical (unpaired) electrons. The first kappa shape index (κ1) is 20.6. The van der Waals surface area contributed by atoms with E-state index in [9.17, 15) is 0 Å². The average Bonchev–Trinajstić information content (AvgIpc) is 3.17. The number of ether oxygens (including phenoxy) is 3. The minimum absolute atomic E-state index is 0.0756. The Bertz CT molecular complexity index is 1090. The molecule has 0 aromatic heterocycles. The maximum Gasteiger partial charge on any atom is 0.221 e. The largest absolute Gasteiger partial charge is 0.493 e. The van der Waals surface area contributed by atoms with Gasteiger partial charge in [-0.1, -0.05) is 54.2 Å². The smallest absolute Gasteiger partial charge is 0.221 e. The predicted molar refractivity (Wildman–Crippen MR) is 132 cm³/mol. The molecule has 4 aliphatic rings. The molecule has 32 heavy (non-hydrogen) atoms. The summed E-state index contributed by atoms with van der Waals surface area (Å²) in [5, 5.41) is 0. The highest BCUT2D eigenvalue weighted by molar-refractivity contribution is 8.22. The Kier molecular flexibility index (Phi) is 5.01. The molecule has 0 N–H and O–H groups in total. The van der Waals surface area contributed by atoms with Crippen LogP contribution >= 0.6 is 24.0 Å². The Morgan fingerprint density at radius 3 is 2.88 bits per heavy atom. The highest BCUT2D eigenvalue weighted by Gasteiger charge is 2.65. The van der Waals surface area contributed by atoms with Crippen molar-refractivity contribution >= 4 is 28.4 Å². The summed E-state index contributed by atoms with van der Waals surface area (Å²) in [7, 11) is 3.98. The van der Waals surface area contributed by atoms with Crippen molar-refractivity contribution in [1.29, 1.82) is 0 Å². The summed E-state index contributed by atoms with van der Waals surface area (Å²) in [4.78, 5) is 2.52. The van der Waals surface area contributed by atoms with Crippen LogP contribution in [0.4, 0.5) is 0 Å². The molecule has 0 amide bonds. The normalized spacial score (nSPS) is 31.6. The third-order valence-corrected chi connectivity index (χ3v) is 9.03. The van der Waals surface area contributed by atoms with Gasteiger partial charge in [0.15, 0.2) is 17.6 Å². The van der Waals surface area contributed by atoms with Gasteiger partial charge in [0.25, 0.3) is 0 Å². The second-order valence-electron chi connectivity index (χ2n) is 9.23. The minimum Gasteiger partial charge on any atom is -0.493 e. The van der Waals surface area contributed by atoms with E-state index in [-0.39, 0.29) is 17.6 Å². The van der Waals surface area contributed by atoms with Gasteiger partial charge < -0.3 is 19.1 Å². The van der Waals surface area contributed by atoms with E-state index in [0.29, 0.717) is 16.3 Å². The Balaban J connectivity index is 1.32. The van der Waals surface area contributed by atoms with Gasteiger partial charge >= 0.3 is 0 Å². The number of nitrogens with zero attached hydrogens (tertiary/aromatic N) is 1. The highest BCUT2D eigenvalue weighted by atomic mass is 32.2. The fourth-order valence-corrected chi connectivity index (χ4v) is 7.28. The standard InChI is InChI=1S/C26H27NO3S2/c1-27-13-12-26-18-9-11-21(29-25(31)32-15-16-6-4-3-5-7-16)24(26)30-23-20(28-2)10-8-17(22(23)26)14-19(18)27/h3-11,18-19,21,24H,12-15H2,1-2H3/t18-,19+,21-,24-,26-/m0/s1. The first-order valence-electron chi connectivity index (χ1n) is 11.2. The molecule has 5 atom stereocenters. The van der Waals surface area contributed by atoms with Crippen LogP contribution < -0.4 is 9.47 Å². The maximum absolute atomic E-state index is 6.72. The van der Waals surface area contributed by atoms with Crippen molar-refractivity contribution < 1.29 is 14.2 Å². The summed E-state index contributed by atoms with van der Waals surface area (Å²) < 4.78 is 19.4. The van der Waals surface area contributed by atoms with Crippen LogP contribution in [0.3, 0.4) is 0 Å². The Morgan fingerprint density at radius 2 is 2.06 bits per heavy atom. The van der Waals surface area contributed by atoms with Gasteiger partial charge in [-0.25, -0.2) is 0 Å². The van der Waals surface area contributed by atoms with Gasteiger partial charge in [0.1, 0.15) is 6.10 Å². The van der Waals surface area contributed by atoms with Crippen LogP contribution in [0.25, 0.3) is 0 Å². The summed E-state index contributed by atoms with van der Waals surface area (Å²) in [6.07, 6.45) is 6.39. The monoisotopic (exact) mass is 465 g/mol. The maximum atomic E-state index is 6.72. The molecular weight excluding hydrogens is 438 g/mol. The van der Waals surface area contributed by atoms with Crippen molar-refractivity contribution in [2.24, 2.45) is 5.92 Å². The van der Waals surface area contributed by atoms with Gasteiger partial charge in [-0.3, -0.25) is 0 Å². The van der Waals surface area contributed by atoms with Gasteiger partial charge in [-0.2, -0.15) is 0 Å². The molecule has 2 bridgehead atoms. The molecule has 166 valence electrons. The van der Waals surface area contributed by atoms with Crippen molar-refractivity contribution in [3.63, 3.8) is 0 Å². The average molecular weight is 466 g/mol. The van der Waals surface area contributed by atoms with Gasteiger partial charge in [0, 0.05) is 28.7 Å². The SMILES string of the molecule is COc1ccc2c3c1O[C@H]1[C@@H](OC(=S)SCc4ccccc4)C=C[C@H]4[C@@H](C2)N(C)CC[C@@]341. The number of benzene rings is 2. The topological polar surface area (TPSA) is 30.9 Å². The number of thioether (sulfide) groups is 1. The number of methoxy groups -OCH3 is 1. The highest BCUT2D eigenvalue weighted by Crippen LogP contribution is 2.62. The zero-order valence-electron chi connectivity index (χ0n) is 18.3. The zero-order valence-corrected chi connectivity index (χ0v) is 20.0. The molecule has 2 aliphatic carbocycles. The van der Waals surface area contributed by atoms with Crippen LogP contribution in [0.1, 0.15) is 23.1 Å². The van der Waals surface area contributed by atoms with Gasteiger partial charge in [0.2, 0.25) is 4.38 Å².